The third-order valence-corrected chi connectivity index (χ3v) is 27.2. The zero-order valence-corrected chi connectivity index (χ0v) is 68.9. The van der Waals surface area contributed by atoms with E-state index in [1.165, 1.54) is 117 Å². The van der Waals surface area contributed by atoms with E-state index in [1.54, 1.807) is 78.9 Å². The van der Waals surface area contributed by atoms with Gasteiger partial charge in [0.25, 0.3) is 6.47 Å². The summed E-state index contributed by atoms with van der Waals surface area (Å²) in [7, 11) is 0. The Morgan fingerprint density at radius 1 is 0.446 bits per heavy atom. The van der Waals surface area contributed by atoms with Crippen molar-refractivity contribution in [2.45, 2.75) is 189 Å². The van der Waals surface area contributed by atoms with Gasteiger partial charge in [0.2, 0.25) is 0 Å². The van der Waals surface area contributed by atoms with Gasteiger partial charge < -0.3 is 61.7 Å². The molecule has 624 valence electrons. The van der Waals surface area contributed by atoms with Gasteiger partial charge in [-0.25, -0.2) is 24.0 Å². The smallest absolute Gasteiger partial charge is 0.407 e. The molecule has 9 atom stereocenters. The summed E-state index contributed by atoms with van der Waals surface area (Å²) < 4.78 is 27.9. The van der Waals surface area contributed by atoms with Crippen LogP contribution in [0.4, 0.5) is 21.0 Å². The fourth-order valence-corrected chi connectivity index (χ4v) is 21.1. The fourth-order valence-electron chi connectivity index (χ4n) is 21.1. The van der Waals surface area contributed by atoms with Gasteiger partial charge in [-0.3, -0.25) is 9.59 Å². The Hall–Kier alpha value is -12.4. The van der Waals surface area contributed by atoms with Crippen molar-refractivity contribution in [3.63, 3.8) is 0 Å². The molecule has 9 aliphatic rings. The van der Waals surface area contributed by atoms with Crippen molar-refractivity contribution in [1.29, 1.82) is 0 Å². The van der Waals surface area contributed by atoms with Gasteiger partial charge in [-0.1, -0.05) is 236 Å². The highest BCUT2D eigenvalue weighted by Crippen LogP contribution is 2.52. The summed E-state index contributed by atoms with van der Waals surface area (Å²) in [6, 6.07) is 72.3. The third-order valence-electron chi connectivity index (χ3n) is 27.2. The van der Waals surface area contributed by atoms with Crippen LogP contribution in [0.2, 0.25) is 0 Å². The van der Waals surface area contributed by atoms with E-state index >= 15 is 0 Å². The molecule has 10 N–H and O–H groups in total. The number of carbonyl (C=O) groups excluding carboxylic acids is 6. The molecule has 6 bridgehead atoms. The first-order valence-corrected chi connectivity index (χ1v) is 42.8. The average Bonchev–Trinajstić information content (AvgIpc) is 1.52. The standard InChI is InChI=1S/C38H38N2O4.C31H33NO3.C23H28N2O2.C9H6O3.CH2O2/c1-38-20-10-2-3-11-25(21-24-18-19-26(22-33(24)38)44-36(41)31-16-8-9-17-34(31)39)35(38)40-37(42)43-23-32-29-14-6-4-12-27(29)28-13-5-7-15-30(28)32;1-31-16-8-2-3-9-21(17-20-14-15-22(33)18-28(20)31)29(31)32-30(34)35-19-27-25-12-6-4-10-23(25)24-11-5-7-13-26(24)27;1-23-12-6-2-3-7-16(21(23)25)13-15-10-11-17(14-19(15)23)27-22(26)18-8-4-5-9-20(18)24;10-8-5-6-3-1-2-4-7(6)9(11)12-8;2-1-3/h4-9,12-19,22,25,32,35H,2-3,10-11,20-21,23,39H2,1H3,(H,40,42);4-7,10-15,18,21,27,29,33H,2-3,8-9,16-17,19H2,1H3,(H,32,34);4-5,8-11,14,16,21H,2-3,6-7,12-13,24-25H2,1H3;1-4H,5H2;1H,(H,2,3)/t25-,35-,38+;21-,29-,31+;16-,21-,23+;;/m000../s1. The van der Waals surface area contributed by atoms with Crippen LogP contribution < -0.4 is 37.3 Å². The van der Waals surface area contributed by atoms with Gasteiger partial charge in [-0.15, -0.1) is 0 Å². The Bertz CT molecular complexity index is 5440. The number of rotatable bonds is 10. The molecule has 1 heterocycles. The number of nitrogens with two attached hydrogens (primary N) is 3. The molecular formula is C102H107N5O14. The van der Waals surface area contributed by atoms with Crippen molar-refractivity contribution >= 4 is 53.9 Å². The van der Waals surface area contributed by atoms with Gasteiger partial charge in [0.1, 0.15) is 30.5 Å². The minimum Gasteiger partial charge on any atom is -0.508 e. The summed E-state index contributed by atoms with van der Waals surface area (Å²) in [5.41, 5.74) is 38.1. The van der Waals surface area contributed by atoms with Crippen LogP contribution in [-0.2, 0) is 65.7 Å². The quantitative estimate of drug-likeness (QED) is 0.0167. The second-order valence-electron chi connectivity index (χ2n) is 34.5. The molecule has 0 aromatic heterocycles. The van der Waals surface area contributed by atoms with Crippen molar-refractivity contribution in [2.75, 3.05) is 24.7 Å². The molecule has 19 heteroatoms. The molecule has 8 aliphatic carbocycles. The first-order chi connectivity index (χ1) is 58.6. The molecule has 10 aromatic rings. The van der Waals surface area contributed by atoms with Gasteiger partial charge in [0, 0.05) is 57.6 Å². The van der Waals surface area contributed by atoms with E-state index in [4.69, 9.17) is 46.0 Å². The number of alkyl carbamates (subject to hydrolysis) is 2. The Balaban J connectivity index is 0.000000132. The molecule has 0 radical (unpaired) electrons. The number of amides is 2. The van der Waals surface area contributed by atoms with Crippen molar-refractivity contribution in [2.24, 2.45) is 23.5 Å². The lowest BCUT2D eigenvalue weighted by molar-refractivity contribution is -0.137. The number of fused-ring (bicyclic) bond motifs is 19. The Morgan fingerprint density at radius 3 is 1.26 bits per heavy atom. The lowest BCUT2D eigenvalue weighted by Crippen LogP contribution is -2.57. The Labute approximate surface area is 707 Å². The number of esters is 4. The van der Waals surface area contributed by atoms with Crippen LogP contribution in [0.5, 0.6) is 17.2 Å². The second-order valence-corrected chi connectivity index (χ2v) is 34.5. The first kappa shape index (κ1) is 83.7. The number of benzene rings is 10. The molecule has 2 amide bonds. The number of nitrogens with one attached hydrogen (secondary N) is 2. The van der Waals surface area contributed by atoms with E-state index in [-0.39, 0.29) is 77.9 Å². The number of anilines is 2. The maximum absolute atomic E-state index is 13.6. The summed E-state index contributed by atoms with van der Waals surface area (Å²) in [6.45, 7) is 7.16. The second kappa shape index (κ2) is 36.7. The summed E-state index contributed by atoms with van der Waals surface area (Å²) in [6.07, 6.45) is 19.3. The molecule has 121 heavy (non-hydrogen) atoms. The lowest BCUT2D eigenvalue weighted by Gasteiger charge is -2.49. The normalized spacial score (nSPS) is 22.9. The molecule has 0 unspecified atom stereocenters. The van der Waals surface area contributed by atoms with E-state index in [0.717, 1.165) is 81.8 Å². The lowest BCUT2D eigenvalue weighted by atomic mass is 9.59. The van der Waals surface area contributed by atoms with Crippen molar-refractivity contribution in [3.05, 3.63) is 302 Å². The Kier molecular flexibility index (Phi) is 25.4. The topological polar surface area (TPSA) is 308 Å². The number of aromatic hydroxyl groups is 1. The molecule has 3 fully saturated rings. The number of phenols is 1. The monoisotopic (exact) mass is 1630 g/mol. The molecule has 0 saturated heterocycles. The highest BCUT2D eigenvalue weighted by atomic mass is 16.6. The molecule has 3 saturated carbocycles. The Morgan fingerprint density at radius 2 is 0.810 bits per heavy atom. The van der Waals surface area contributed by atoms with E-state index in [2.05, 4.69) is 139 Å². The number of phenolic OH excluding ortho intramolecular Hbond substituents is 1. The largest absolute Gasteiger partial charge is 0.508 e. The predicted octanol–water partition coefficient (Wildman–Crippen LogP) is 19.3. The molecule has 10 aromatic carbocycles. The third kappa shape index (κ3) is 17.7. The minimum atomic E-state index is -0.540. The van der Waals surface area contributed by atoms with Gasteiger partial charge in [0.15, 0.2) is 0 Å². The number of hydrogen-bond donors (Lipinski definition) is 7. The number of ether oxygens (including phenoxy) is 5. The van der Waals surface area contributed by atoms with Crippen LogP contribution in [0, 0.1) is 17.8 Å². The summed E-state index contributed by atoms with van der Waals surface area (Å²) in [4.78, 5) is 82.5. The number of carbonyl (C=O) groups is 7. The highest BCUT2D eigenvalue weighted by Gasteiger charge is 2.50. The van der Waals surface area contributed by atoms with Crippen LogP contribution in [0.15, 0.2) is 224 Å². The van der Waals surface area contributed by atoms with Crippen molar-refractivity contribution < 1.29 is 67.5 Å². The number of cyclic esters (lactones) is 2. The van der Waals surface area contributed by atoms with Crippen molar-refractivity contribution in [3.8, 4) is 39.5 Å². The van der Waals surface area contributed by atoms with E-state index in [1.807, 2.05) is 42.5 Å². The predicted molar refractivity (Wildman–Crippen MR) is 467 cm³/mol. The van der Waals surface area contributed by atoms with Gasteiger partial charge in [-0.05, 0) is 226 Å². The van der Waals surface area contributed by atoms with Crippen LogP contribution in [0.3, 0.4) is 0 Å². The number of carboxylic acid groups (broad SMARTS) is 1. The number of para-hydroxylation sites is 2. The van der Waals surface area contributed by atoms with E-state index in [0.29, 0.717) is 69.7 Å². The maximum atomic E-state index is 13.6. The van der Waals surface area contributed by atoms with Crippen LogP contribution in [-0.4, -0.2) is 84.1 Å². The van der Waals surface area contributed by atoms with E-state index < -0.39 is 23.9 Å². The molecule has 1 aliphatic heterocycles. The SMILES string of the molecule is C[C@@]12CCCCC[C@@H](Cc3ccc(O)cc31)[C@@H]2NC(=O)OCC1c2ccccc2-c2ccccc21.C[C@@]12CCCCC[C@@H](Cc3ccc(OC(=O)c4ccccc4N)cc31)[C@@H]2N.C[C@@]12CCCCC[C@@H](Cc3ccc(OC(=O)c4ccccc4N)cc31)[C@@H]2NC(=O)OCC1c2ccccc2-c2ccccc21.O=C1Cc2ccccc2C(=O)O1.O=CO. The summed E-state index contributed by atoms with van der Waals surface area (Å²) in [5.74, 6) is 0.710. The minimum absolute atomic E-state index is 0.00671. The van der Waals surface area contributed by atoms with Crippen LogP contribution >= 0.6 is 0 Å². The number of nitrogen functional groups attached to an aromatic ring is 2. The van der Waals surface area contributed by atoms with Crippen LogP contribution in [0.25, 0.3) is 22.3 Å². The summed E-state index contributed by atoms with van der Waals surface area (Å²) >= 11 is 0. The molecule has 19 rings (SSSR count). The number of hydrogen-bond acceptors (Lipinski definition) is 16. The van der Waals surface area contributed by atoms with Crippen LogP contribution in [0.1, 0.15) is 221 Å². The molecule has 19 nitrogen and oxygen atoms in total. The average molecular weight is 1630 g/mol. The highest BCUT2D eigenvalue weighted by molar-refractivity contribution is 6.02. The maximum Gasteiger partial charge on any atom is 0.407 e. The van der Waals surface area contributed by atoms with Gasteiger partial charge >= 0.3 is 36.1 Å². The fraction of sp³-hybridized carbons (Fsp3) is 0.343. The van der Waals surface area contributed by atoms with Gasteiger partial charge in [-0.2, -0.15) is 0 Å². The molecular weight excluding hydrogens is 1520 g/mol. The van der Waals surface area contributed by atoms with Crippen molar-refractivity contribution in [1.82, 2.24) is 10.6 Å². The zero-order chi connectivity index (χ0) is 84.5. The summed E-state index contributed by atoms with van der Waals surface area (Å²) in [5, 5.41) is 23.8. The van der Waals surface area contributed by atoms with Gasteiger partial charge in [0.05, 0.1) is 23.1 Å². The van der Waals surface area contributed by atoms with E-state index in [9.17, 15) is 33.9 Å². The zero-order valence-electron chi connectivity index (χ0n) is 68.9. The molecule has 0 spiro atoms. The first-order valence-electron chi connectivity index (χ1n) is 42.8.